The van der Waals surface area contributed by atoms with Gasteiger partial charge in [-0.15, -0.1) is 0 Å². The van der Waals surface area contributed by atoms with Crippen LogP contribution in [0.3, 0.4) is 0 Å². The molecule has 0 bridgehead atoms. The molecule has 0 heterocycles. The number of hydrogen-bond acceptors (Lipinski definition) is 5. The Kier molecular flexibility index (Phi) is 11.6. The Morgan fingerprint density at radius 3 is 1.15 bits per heavy atom. The summed E-state index contributed by atoms with van der Waals surface area (Å²) in [4.78, 5) is 23.3. The van der Waals surface area contributed by atoms with Gasteiger partial charge in [0.1, 0.15) is 11.6 Å². The van der Waals surface area contributed by atoms with Gasteiger partial charge in [0, 0.05) is 5.75 Å². The van der Waals surface area contributed by atoms with E-state index in [1.807, 2.05) is 0 Å². The third kappa shape index (κ3) is 6.92. The second kappa shape index (κ2) is 12.3. The summed E-state index contributed by atoms with van der Waals surface area (Å²) >= 11 is -2.12. The first-order valence-electron chi connectivity index (χ1n) is 10.9. The van der Waals surface area contributed by atoms with E-state index in [2.05, 4.69) is 9.47 Å². The van der Waals surface area contributed by atoms with E-state index in [1.54, 1.807) is 0 Å². The molecule has 27 heteroatoms. The van der Waals surface area contributed by atoms with Crippen LogP contribution in [0.2, 0.25) is 0 Å². The van der Waals surface area contributed by atoms with Crippen LogP contribution in [0.1, 0.15) is 20.8 Å². The number of alkyl halides is 21. The predicted molar refractivity (Wildman–Crippen MR) is 108 cm³/mol. The SMILES string of the molecule is COC(=O)[C@H](CSC(F)(F)C(F)(F)C(F)(F)C(F)(F)C(F)(F)C(F)(F)C(F)(F)C(F)(F)C(F)(F)C(F)(F)F)NC(=O)OC(C)(C)C. The molecule has 0 radical (unpaired) electrons. The van der Waals surface area contributed by atoms with Crippen LogP contribution in [0.5, 0.6) is 0 Å². The Labute approximate surface area is 245 Å². The Morgan fingerprint density at radius 1 is 0.565 bits per heavy atom. The number of ether oxygens (including phenoxy) is 2. The number of thioether (sulfide) groups is 1. The molecule has 0 aliphatic carbocycles. The van der Waals surface area contributed by atoms with Crippen molar-refractivity contribution < 1.29 is 111 Å². The number of amides is 1. The Morgan fingerprint density at radius 2 is 0.870 bits per heavy atom. The van der Waals surface area contributed by atoms with Gasteiger partial charge in [-0.2, -0.15) is 92.2 Å². The highest BCUT2D eigenvalue weighted by Crippen LogP contribution is 2.66. The summed E-state index contributed by atoms with van der Waals surface area (Å²) in [5, 5.41) is -5.70. The van der Waals surface area contributed by atoms with Crippen molar-refractivity contribution in [2.24, 2.45) is 0 Å². The van der Waals surface area contributed by atoms with Gasteiger partial charge < -0.3 is 14.8 Å². The third-order valence-corrected chi connectivity index (χ3v) is 6.21. The Bertz CT molecular complexity index is 1120. The Balaban J connectivity index is 6.79. The molecule has 274 valence electrons. The van der Waals surface area contributed by atoms with Crippen LogP contribution in [-0.4, -0.2) is 95.4 Å². The normalized spacial score (nSPS) is 16.2. The number of hydrogen-bond donors (Lipinski definition) is 1. The van der Waals surface area contributed by atoms with Crippen molar-refractivity contribution in [3.8, 4) is 0 Å². The predicted octanol–water partition coefficient (Wildman–Crippen LogP) is 8.02. The minimum atomic E-state index is -9.28. The van der Waals surface area contributed by atoms with Gasteiger partial charge in [0.05, 0.1) is 7.11 Å². The highest BCUT2D eigenvalue weighted by molar-refractivity contribution is 8.00. The zero-order valence-electron chi connectivity index (χ0n) is 22.3. The van der Waals surface area contributed by atoms with E-state index in [9.17, 15) is 102 Å². The van der Waals surface area contributed by atoms with Crippen molar-refractivity contribution in [1.29, 1.82) is 0 Å². The van der Waals surface area contributed by atoms with Crippen LogP contribution in [0.15, 0.2) is 0 Å². The minimum absolute atomic E-state index is 0.421. The summed E-state index contributed by atoms with van der Waals surface area (Å²) in [6.07, 6.45) is -9.82. The summed E-state index contributed by atoms with van der Waals surface area (Å²) in [6, 6.07) is -2.68. The van der Waals surface area contributed by atoms with Crippen molar-refractivity contribution in [1.82, 2.24) is 5.32 Å². The molecular weight excluding hydrogens is 737 g/mol. The number of halogens is 21. The fraction of sp³-hybridized carbons (Fsp3) is 0.895. The van der Waals surface area contributed by atoms with Crippen LogP contribution < -0.4 is 5.32 Å². The average molecular weight is 753 g/mol. The van der Waals surface area contributed by atoms with Gasteiger partial charge in [0.15, 0.2) is 0 Å². The van der Waals surface area contributed by atoms with Gasteiger partial charge >= 0.3 is 70.9 Å². The molecule has 0 aromatic heterocycles. The van der Waals surface area contributed by atoms with E-state index < -0.39 is 100 Å². The van der Waals surface area contributed by atoms with Crippen molar-refractivity contribution in [2.75, 3.05) is 12.9 Å². The maximum absolute atomic E-state index is 14.1. The third-order valence-electron chi connectivity index (χ3n) is 5.09. The number of nitrogens with one attached hydrogen (secondary N) is 1. The van der Waals surface area contributed by atoms with Gasteiger partial charge in [-0.05, 0) is 20.8 Å². The smallest absolute Gasteiger partial charge is 0.460 e. The van der Waals surface area contributed by atoms with E-state index in [1.165, 1.54) is 5.32 Å². The highest BCUT2D eigenvalue weighted by Gasteiger charge is 2.97. The van der Waals surface area contributed by atoms with Crippen LogP contribution in [0.4, 0.5) is 97.0 Å². The van der Waals surface area contributed by atoms with Crippen LogP contribution in [0, 0.1) is 0 Å². The van der Waals surface area contributed by atoms with Crippen molar-refractivity contribution in [3.63, 3.8) is 0 Å². The molecule has 0 aliphatic heterocycles. The largest absolute Gasteiger partial charge is 0.467 e. The molecule has 0 saturated heterocycles. The lowest BCUT2D eigenvalue weighted by Crippen LogP contribution is -2.76. The molecule has 0 aliphatic rings. The van der Waals surface area contributed by atoms with Crippen molar-refractivity contribution in [3.05, 3.63) is 0 Å². The van der Waals surface area contributed by atoms with E-state index >= 15 is 0 Å². The van der Waals surface area contributed by atoms with Gasteiger partial charge in [-0.3, -0.25) is 0 Å². The summed E-state index contributed by atoms with van der Waals surface area (Å²) in [5.41, 5.74) is -1.45. The molecular formula is C19H16F21NO4S. The number of methoxy groups -OCH3 is 1. The highest BCUT2D eigenvalue weighted by atomic mass is 32.2. The number of carbonyl (C=O) groups excluding carboxylic acids is 2. The van der Waals surface area contributed by atoms with E-state index in [-0.39, 0.29) is 0 Å². The molecule has 0 unspecified atom stereocenters. The topological polar surface area (TPSA) is 64.6 Å². The number of esters is 1. The van der Waals surface area contributed by atoms with Gasteiger partial charge in [0.2, 0.25) is 0 Å². The minimum Gasteiger partial charge on any atom is -0.467 e. The second-order valence-electron chi connectivity index (χ2n) is 9.64. The Hall–Kier alpha value is -2.38. The fourth-order valence-corrected chi connectivity index (χ4v) is 3.49. The lowest BCUT2D eigenvalue weighted by molar-refractivity contribution is -0.472. The first-order chi connectivity index (χ1) is 19.7. The van der Waals surface area contributed by atoms with Gasteiger partial charge in [-0.25, -0.2) is 9.59 Å². The molecule has 0 saturated carbocycles. The maximum atomic E-state index is 14.1. The van der Waals surface area contributed by atoms with Gasteiger partial charge in [0.25, 0.3) is 0 Å². The molecule has 5 nitrogen and oxygen atoms in total. The van der Waals surface area contributed by atoms with Crippen LogP contribution in [-0.2, 0) is 14.3 Å². The van der Waals surface area contributed by atoms with Crippen LogP contribution >= 0.6 is 11.8 Å². The second-order valence-corrected chi connectivity index (χ2v) is 10.8. The first-order valence-corrected chi connectivity index (χ1v) is 11.9. The quantitative estimate of drug-likeness (QED) is 0.153. The van der Waals surface area contributed by atoms with Crippen LogP contribution in [0.25, 0.3) is 0 Å². The molecule has 0 spiro atoms. The average Bonchev–Trinajstić information content (AvgIpc) is 2.83. The van der Waals surface area contributed by atoms with Crippen molar-refractivity contribution >= 4 is 23.8 Å². The first kappa shape index (κ1) is 43.6. The zero-order valence-corrected chi connectivity index (χ0v) is 23.1. The number of carbonyl (C=O) groups is 2. The summed E-state index contributed by atoms with van der Waals surface area (Å²) < 4.78 is 291. The monoisotopic (exact) mass is 753 g/mol. The van der Waals surface area contributed by atoms with Crippen molar-refractivity contribution in [2.45, 2.75) is 91.2 Å². The number of rotatable bonds is 13. The fourth-order valence-electron chi connectivity index (χ4n) is 2.58. The molecule has 0 rings (SSSR count). The molecule has 1 atom stereocenters. The van der Waals surface area contributed by atoms with E-state index in [4.69, 9.17) is 0 Å². The molecule has 0 aromatic carbocycles. The maximum Gasteiger partial charge on any atom is 0.460 e. The molecule has 1 amide bonds. The zero-order chi connectivity index (χ0) is 37.8. The summed E-state index contributed by atoms with van der Waals surface area (Å²) in [7, 11) is 0.421. The summed E-state index contributed by atoms with van der Waals surface area (Å²) in [5.74, 6) is -75.4. The van der Waals surface area contributed by atoms with E-state index in [0.29, 0.717) is 7.11 Å². The number of alkyl carbamates (subject to hydrolysis) is 1. The molecule has 0 fully saturated rings. The lowest BCUT2D eigenvalue weighted by Gasteiger charge is -2.44. The standard InChI is InChI=1S/C19H16F21NO4S/c1-9(2,3)45-8(43)41-6(7(42)44-4)5-46-19(39,40)17(34,35)15(30,31)13(26,27)11(22,23)10(20,21)12(24,25)14(28,29)16(32,33)18(36,37)38/h6H,5H2,1-4H3,(H,41,43)/t6-/m0/s1. The van der Waals surface area contributed by atoms with E-state index in [0.717, 1.165) is 20.8 Å². The molecule has 0 aromatic rings. The van der Waals surface area contributed by atoms with Gasteiger partial charge in [-0.1, -0.05) is 11.8 Å². The summed E-state index contributed by atoms with van der Waals surface area (Å²) in [6.45, 7) is 3.43. The molecule has 1 N–H and O–H groups in total. The molecule has 46 heavy (non-hydrogen) atoms. The lowest BCUT2D eigenvalue weighted by atomic mass is 9.87.